The zero-order chi connectivity index (χ0) is 10.8. The van der Waals surface area contributed by atoms with Crippen LogP contribution in [0.5, 0.6) is 0 Å². The summed E-state index contributed by atoms with van der Waals surface area (Å²) < 4.78 is 1.48. The molecule has 0 amide bonds. The van der Waals surface area contributed by atoms with Crippen LogP contribution in [0.4, 0.5) is 0 Å². The molecule has 0 fully saturated rings. The van der Waals surface area contributed by atoms with Gasteiger partial charge in [-0.1, -0.05) is 17.7 Å². The zero-order valence-electron chi connectivity index (χ0n) is 8.77. The van der Waals surface area contributed by atoms with Crippen molar-refractivity contribution in [2.75, 3.05) is 0 Å². The molecule has 0 spiro atoms. The van der Waals surface area contributed by atoms with E-state index in [0.717, 1.165) is 16.7 Å². The molecular weight excluding hydrogens is 188 g/mol. The van der Waals surface area contributed by atoms with Gasteiger partial charge in [0, 0.05) is 18.0 Å². The highest BCUT2D eigenvalue weighted by Gasteiger charge is 2.09. The maximum Gasteiger partial charge on any atom is 0.263 e. The van der Waals surface area contributed by atoms with Crippen molar-refractivity contribution in [3.63, 3.8) is 0 Å². The quantitative estimate of drug-likeness (QED) is 0.707. The van der Waals surface area contributed by atoms with Crippen LogP contribution in [0.3, 0.4) is 0 Å². The highest BCUT2D eigenvalue weighted by atomic mass is 16.2. The topological polar surface area (TPSA) is 34.9 Å². The molecule has 0 aliphatic rings. The fourth-order valence-corrected chi connectivity index (χ4v) is 1.57. The minimum atomic E-state index is -0.0370. The first-order valence-electron chi connectivity index (χ1n) is 4.78. The number of carbonyl (C=O) groups is 1. The number of nitrogens with zero attached hydrogens (tertiary/aromatic N) is 2. The summed E-state index contributed by atoms with van der Waals surface area (Å²) in [5.41, 5.74) is 2.88. The number of benzene rings is 1. The number of aryl methyl sites for hydroxylation is 2. The number of carbonyl (C=O) groups excluding carboxylic acids is 1. The van der Waals surface area contributed by atoms with Gasteiger partial charge in [0.1, 0.15) is 6.33 Å². The van der Waals surface area contributed by atoms with Gasteiger partial charge in [-0.25, -0.2) is 4.98 Å². The molecule has 76 valence electrons. The number of hydrogen-bond acceptors (Lipinski definition) is 2. The monoisotopic (exact) mass is 200 g/mol. The molecule has 0 saturated carbocycles. The SMILES string of the molecule is Cc1ccc(C(=O)n2ccnc2)c(C)c1. The Morgan fingerprint density at radius 1 is 1.33 bits per heavy atom. The summed E-state index contributed by atoms with van der Waals surface area (Å²) in [5, 5.41) is 0. The second-order valence-corrected chi connectivity index (χ2v) is 3.59. The number of imidazole rings is 1. The van der Waals surface area contributed by atoms with E-state index < -0.39 is 0 Å². The van der Waals surface area contributed by atoms with Crippen molar-refractivity contribution in [1.29, 1.82) is 0 Å². The molecule has 1 heterocycles. The van der Waals surface area contributed by atoms with Gasteiger partial charge in [-0.15, -0.1) is 0 Å². The van der Waals surface area contributed by atoms with E-state index in [1.165, 1.54) is 10.9 Å². The summed E-state index contributed by atoms with van der Waals surface area (Å²) >= 11 is 0. The molecule has 1 aromatic carbocycles. The van der Waals surface area contributed by atoms with Gasteiger partial charge in [0.15, 0.2) is 0 Å². The first kappa shape index (κ1) is 9.65. The minimum absolute atomic E-state index is 0.0370. The molecule has 0 N–H and O–H groups in total. The maximum absolute atomic E-state index is 12.0. The predicted octanol–water partition coefficient (Wildman–Crippen LogP) is 2.19. The second-order valence-electron chi connectivity index (χ2n) is 3.59. The lowest BCUT2D eigenvalue weighted by Crippen LogP contribution is -2.11. The Bertz CT molecular complexity index is 486. The van der Waals surface area contributed by atoms with Crippen LogP contribution in [-0.2, 0) is 0 Å². The highest BCUT2D eigenvalue weighted by Crippen LogP contribution is 2.11. The highest BCUT2D eigenvalue weighted by molar-refractivity contribution is 5.97. The normalized spacial score (nSPS) is 10.3. The number of hydrogen-bond donors (Lipinski definition) is 0. The summed E-state index contributed by atoms with van der Waals surface area (Å²) in [4.78, 5) is 15.8. The predicted molar refractivity (Wildman–Crippen MR) is 57.9 cm³/mol. The fraction of sp³-hybridized carbons (Fsp3) is 0.167. The third-order valence-corrected chi connectivity index (χ3v) is 2.35. The van der Waals surface area contributed by atoms with Crippen LogP contribution in [-0.4, -0.2) is 15.5 Å². The molecular formula is C12H12N2O. The van der Waals surface area contributed by atoms with Crippen molar-refractivity contribution in [3.05, 3.63) is 53.6 Å². The first-order chi connectivity index (χ1) is 7.18. The van der Waals surface area contributed by atoms with Gasteiger partial charge in [0.2, 0.25) is 0 Å². The third kappa shape index (κ3) is 1.81. The molecule has 2 rings (SSSR count). The van der Waals surface area contributed by atoms with Crippen molar-refractivity contribution in [3.8, 4) is 0 Å². The molecule has 0 saturated heterocycles. The summed E-state index contributed by atoms with van der Waals surface area (Å²) in [6.07, 6.45) is 4.77. The molecule has 2 aromatic rings. The van der Waals surface area contributed by atoms with Crippen LogP contribution < -0.4 is 0 Å². The lowest BCUT2D eigenvalue weighted by Gasteiger charge is -2.05. The molecule has 0 atom stereocenters. The molecule has 1 aromatic heterocycles. The molecule has 3 heteroatoms. The summed E-state index contributed by atoms with van der Waals surface area (Å²) in [7, 11) is 0. The van der Waals surface area contributed by atoms with E-state index in [-0.39, 0.29) is 5.91 Å². The third-order valence-electron chi connectivity index (χ3n) is 2.35. The Morgan fingerprint density at radius 3 is 2.73 bits per heavy atom. The number of rotatable bonds is 1. The second kappa shape index (κ2) is 3.69. The molecule has 0 aliphatic heterocycles. The van der Waals surface area contributed by atoms with Crippen LogP contribution >= 0.6 is 0 Å². The molecule has 0 unspecified atom stereocenters. The van der Waals surface area contributed by atoms with E-state index in [4.69, 9.17) is 0 Å². The zero-order valence-corrected chi connectivity index (χ0v) is 8.77. The summed E-state index contributed by atoms with van der Waals surface area (Å²) in [6, 6.07) is 5.80. The Hall–Kier alpha value is -1.90. The van der Waals surface area contributed by atoms with Gasteiger partial charge in [0.05, 0.1) is 0 Å². The lowest BCUT2D eigenvalue weighted by atomic mass is 10.1. The molecule has 15 heavy (non-hydrogen) atoms. The van der Waals surface area contributed by atoms with Gasteiger partial charge in [-0.2, -0.15) is 0 Å². The van der Waals surface area contributed by atoms with Crippen molar-refractivity contribution in [1.82, 2.24) is 9.55 Å². The smallest absolute Gasteiger partial charge is 0.263 e. The van der Waals surface area contributed by atoms with Crippen LogP contribution in [0.2, 0.25) is 0 Å². The van der Waals surface area contributed by atoms with E-state index in [9.17, 15) is 4.79 Å². The van der Waals surface area contributed by atoms with Crippen molar-refractivity contribution < 1.29 is 4.79 Å². The van der Waals surface area contributed by atoms with Crippen molar-refractivity contribution in [2.45, 2.75) is 13.8 Å². The van der Waals surface area contributed by atoms with E-state index in [1.54, 1.807) is 12.4 Å². The largest absolute Gasteiger partial charge is 0.272 e. The van der Waals surface area contributed by atoms with Gasteiger partial charge in [0.25, 0.3) is 5.91 Å². The van der Waals surface area contributed by atoms with Crippen molar-refractivity contribution in [2.24, 2.45) is 0 Å². The van der Waals surface area contributed by atoms with Crippen molar-refractivity contribution >= 4 is 5.91 Å². The molecule has 0 radical (unpaired) electrons. The minimum Gasteiger partial charge on any atom is -0.272 e. The Balaban J connectivity index is 2.42. The van der Waals surface area contributed by atoms with Crippen LogP contribution in [0, 0.1) is 13.8 Å². The molecule has 3 nitrogen and oxygen atoms in total. The van der Waals surface area contributed by atoms with E-state index in [1.807, 2.05) is 32.0 Å². The Kier molecular flexibility index (Phi) is 2.37. The van der Waals surface area contributed by atoms with Gasteiger partial charge in [-0.3, -0.25) is 9.36 Å². The number of aromatic nitrogens is 2. The van der Waals surface area contributed by atoms with E-state index in [2.05, 4.69) is 4.98 Å². The van der Waals surface area contributed by atoms with Gasteiger partial charge in [-0.05, 0) is 25.5 Å². The van der Waals surface area contributed by atoms with Gasteiger partial charge >= 0.3 is 0 Å². The van der Waals surface area contributed by atoms with Gasteiger partial charge < -0.3 is 0 Å². The summed E-state index contributed by atoms with van der Waals surface area (Å²) in [5.74, 6) is -0.0370. The maximum atomic E-state index is 12.0. The van der Waals surface area contributed by atoms with Crippen LogP contribution in [0.1, 0.15) is 21.5 Å². The molecule has 0 aliphatic carbocycles. The average Bonchev–Trinajstić information content (AvgIpc) is 2.69. The van der Waals surface area contributed by atoms with Crippen LogP contribution in [0.15, 0.2) is 36.9 Å². The Labute approximate surface area is 88.4 Å². The molecule has 0 bridgehead atoms. The standard InChI is InChI=1S/C12H12N2O/c1-9-3-4-11(10(2)7-9)12(15)14-6-5-13-8-14/h3-8H,1-2H3. The average molecular weight is 200 g/mol. The van der Waals surface area contributed by atoms with E-state index in [0.29, 0.717) is 0 Å². The summed E-state index contributed by atoms with van der Waals surface area (Å²) in [6.45, 7) is 3.95. The Morgan fingerprint density at radius 2 is 2.13 bits per heavy atom. The lowest BCUT2D eigenvalue weighted by molar-refractivity contribution is 0.0959. The van der Waals surface area contributed by atoms with Crippen LogP contribution in [0.25, 0.3) is 0 Å². The van der Waals surface area contributed by atoms with E-state index >= 15 is 0 Å². The first-order valence-corrected chi connectivity index (χ1v) is 4.78. The fourth-order valence-electron chi connectivity index (χ4n) is 1.57.